The van der Waals surface area contributed by atoms with Crippen LogP contribution in [0.15, 0.2) is 12.3 Å². The highest BCUT2D eigenvalue weighted by molar-refractivity contribution is 6.33. The van der Waals surface area contributed by atoms with Crippen molar-refractivity contribution in [1.82, 2.24) is 4.98 Å². The average Bonchev–Trinajstić information content (AvgIpc) is 2.18. The summed E-state index contributed by atoms with van der Waals surface area (Å²) in [7, 11) is 0. The first kappa shape index (κ1) is 11.8. The molecule has 0 aliphatic carbocycles. The van der Waals surface area contributed by atoms with Crippen LogP contribution in [0.25, 0.3) is 0 Å². The van der Waals surface area contributed by atoms with Crippen molar-refractivity contribution in [1.29, 1.82) is 0 Å². The number of hydrogen-bond acceptors (Lipinski definition) is 3. The van der Waals surface area contributed by atoms with Crippen molar-refractivity contribution in [3.05, 3.63) is 23.0 Å². The fraction of sp³-hybridized carbons (Fsp3) is 0.400. The maximum Gasteiger partial charge on any atom is 0.303 e. The Morgan fingerprint density at radius 1 is 1.67 bits per heavy atom. The number of anilines is 1. The second-order valence-corrected chi connectivity index (χ2v) is 3.56. The summed E-state index contributed by atoms with van der Waals surface area (Å²) in [5.74, 6) is -0.784. The number of halogens is 1. The molecule has 0 aromatic carbocycles. The fourth-order valence-electron chi connectivity index (χ4n) is 1.15. The SMILES string of the molecule is Cc1nccc(NCCCC(=O)O)c1Cl. The van der Waals surface area contributed by atoms with Gasteiger partial charge in [-0.05, 0) is 19.4 Å². The first-order valence-electron chi connectivity index (χ1n) is 4.68. The second kappa shape index (κ2) is 5.56. The molecule has 1 heterocycles. The van der Waals surface area contributed by atoms with E-state index in [2.05, 4.69) is 10.3 Å². The van der Waals surface area contributed by atoms with Gasteiger partial charge in [0.05, 0.1) is 16.4 Å². The summed E-state index contributed by atoms with van der Waals surface area (Å²) >= 11 is 5.99. The van der Waals surface area contributed by atoms with Crippen LogP contribution in [0.3, 0.4) is 0 Å². The van der Waals surface area contributed by atoms with Crippen LogP contribution in [0, 0.1) is 6.92 Å². The molecule has 0 amide bonds. The number of carboxylic acid groups (broad SMARTS) is 1. The molecule has 2 N–H and O–H groups in total. The lowest BCUT2D eigenvalue weighted by Crippen LogP contribution is -2.05. The van der Waals surface area contributed by atoms with E-state index in [1.165, 1.54) is 0 Å². The van der Waals surface area contributed by atoms with Crippen molar-refractivity contribution in [3.63, 3.8) is 0 Å². The van der Waals surface area contributed by atoms with Crippen LogP contribution in [0.1, 0.15) is 18.5 Å². The predicted octanol–water partition coefficient (Wildman–Crippen LogP) is 2.32. The summed E-state index contributed by atoms with van der Waals surface area (Å²) in [5, 5.41) is 12.1. The van der Waals surface area contributed by atoms with Crippen LogP contribution in [0.2, 0.25) is 5.02 Å². The third kappa shape index (κ3) is 3.75. The third-order valence-electron chi connectivity index (χ3n) is 1.95. The normalized spacial score (nSPS) is 10.0. The maximum atomic E-state index is 10.3. The zero-order valence-corrected chi connectivity index (χ0v) is 9.21. The molecule has 0 aliphatic heterocycles. The van der Waals surface area contributed by atoms with Crippen LogP contribution in [0.4, 0.5) is 5.69 Å². The lowest BCUT2D eigenvalue weighted by Gasteiger charge is -2.08. The minimum atomic E-state index is -0.784. The van der Waals surface area contributed by atoms with Gasteiger partial charge in [0, 0.05) is 19.2 Å². The Kier molecular flexibility index (Phi) is 4.37. The van der Waals surface area contributed by atoms with Gasteiger partial charge in [-0.3, -0.25) is 9.78 Å². The van der Waals surface area contributed by atoms with E-state index in [1.54, 1.807) is 12.3 Å². The Hall–Kier alpha value is -1.29. The number of nitrogens with one attached hydrogen (secondary N) is 1. The molecule has 1 aromatic heterocycles. The Balaban J connectivity index is 2.44. The summed E-state index contributed by atoms with van der Waals surface area (Å²) in [6.07, 6.45) is 2.41. The van der Waals surface area contributed by atoms with Crippen molar-refractivity contribution in [3.8, 4) is 0 Å². The first-order chi connectivity index (χ1) is 7.11. The number of nitrogens with zero attached hydrogens (tertiary/aromatic N) is 1. The van der Waals surface area contributed by atoms with Crippen molar-refractivity contribution in [2.75, 3.05) is 11.9 Å². The molecule has 0 bridgehead atoms. The van der Waals surface area contributed by atoms with E-state index in [9.17, 15) is 4.79 Å². The van der Waals surface area contributed by atoms with Crippen LogP contribution in [-0.4, -0.2) is 22.6 Å². The minimum Gasteiger partial charge on any atom is -0.481 e. The zero-order chi connectivity index (χ0) is 11.3. The van der Waals surface area contributed by atoms with Crippen LogP contribution < -0.4 is 5.32 Å². The summed E-state index contributed by atoms with van der Waals surface area (Å²) in [6.45, 7) is 2.42. The van der Waals surface area contributed by atoms with E-state index < -0.39 is 5.97 Å². The Morgan fingerprint density at radius 2 is 2.40 bits per heavy atom. The van der Waals surface area contributed by atoms with Crippen molar-refractivity contribution < 1.29 is 9.90 Å². The summed E-state index contributed by atoms with van der Waals surface area (Å²) in [6, 6.07) is 1.77. The van der Waals surface area contributed by atoms with Gasteiger partial charge in [-0.2, -0.15) is 0 Å². The molecule has 0 spiro atoms. The summed E-state index contributed by atoms with van der Waals surface area (Å²) in [4.78, 5) is 14.3. The van der Waals surface area contributed by atoms with Gasteiger partial charge in [0.1, 0.15) is 0 Å². The highest BCUT2D eigenvalue weighted by Crippen LogP contribution is 2.23. The molecule has 0 fully saturated rings. The van der Waals surface area contributed by atoms with Gasteiger partial charge in [-0.25, -0.2) is 0 Å². The molecule has 0 radical (unpaired) electrons. The van der Waals surface area contributed by atoms with Crippen LogP contribution >= 0.6 is 11.6 Å². The zero-order valence-electron chi connectivity index (χ0n) is 8.46. The number of carbonyl (C=O) groups is 1. The monoisotopic (exact) mass is 228 g/mol. The Bertz CT molecular complexity index is 355. The predicted molar refractivity (Wildman–Crippen MR) is 59.3 cm³/mol. The number of carboxylic acids is 1. The topological polar surface area (TPSA) is 62.2 Å². The van der Waals surface area contributed by atoms with E-state index >= 15 is 0 Å². The number of aliphatic carboxylic acids is 1. The van der Waals surface area contributed by atoms with Crippen molar-refractivity contribution in [2.24, 2.45) is 0 Å². The number of aryl methyl sites for hydroxylation is 1. The minimum absolute atomic E-state index is 0.161. The van der Waals surface area contributed by atoms with Crippen LogP contribution in [-0.2, 0) is 4.79 Å². The molecule has 0 unspecified atom stereocenters. The fourth-order valence-corrected chi connectivity index (χ4v) is 1.33. The lowest BCUT2D eigenvalue weighted by molar-refractivity contribution is -0.137. The van der Waals surface area contributed by atoms with Gasteiger partial charge in [0.15, 0.2) is 0 Å². The summed E-state index contributed by atoms with van der Waals surface area (Å²) < 4.78 is 0. The van der Waals surface area contributed by atoms with Gasteiger partial charge in [-0.1, -0.05) is 11.6 Å². The van der Waals surface area contributed by atoms with Crippen molar-refractivity contribution >= 4 is 23.3 Å². The van der Waals surface area contributed by atoms with Gasteiger partial charge < -0.3 is 10.4 Å². The van der Waals surface area contributed by atoms with Gasteiger partial charge in [0.25, 0.3) is 0 Å². The number of rotatable bonds is 5. The highest BCUT2D eigenvalue weighted by Gasteiger charge is 2.03. The number of hydrogen-bond donors (Lipinski definition) is 2. The van der Waals surface area contributed by atoms with Gasteiger partial charge in [0.2, 0.25) is 0 Å². The number of pyridine rings is 1. The quantitative estimate of drug-likeness (QED) is 0.760. The largest absolute Gasteiger partial charge is 0.481 e. The van der Waals surface area contributed by atoms with Crippen molar-refractivity contribution in [2.45, 2.75) is 19.8 Å². The molecule has 0 aliphatic rings. The molecule has 4 nitrogen and oxygen atoms in total. The van der Waals surface area contributed by atoms with E-state index in [0.717, 1.165) is 11.4 Å². The smallest absolute Gasteiger partial charge is 0.303 e. The van der Waals surface area contributed by atoms with E-state index in [4.69, 9.17) is 16.7 Å². The standard InChI is InChI=1S/C10H13ClN2O2/c1-7-10(11)8(4-6-12-7)13-5-2-3-9(14)15/h4,6H,2-3,5H2,1H3,(H,12,13)(H,14,15). The molecule has 5 heteroatoms. The molecule has 15 heavy (non-hydrogen) atoms. The molecular weight excluding hydrogens is 216 g/mol. The molecule has 0 saturated carbocycles. The Labute approximate surface area is 93.3 Å². The van der Waals surface area contributed by atoms with E-state index in [-0.39, 0.29) is 6.42 Å². The van der Waals surface area contributed by atoms with Gasteiger partial charge >= 0.3 is 5.97 Å². The Morgan fingerprint density at radius 3 is 3.07 bits per heavy atom. The number of aromatic nitrogens is 1. The molecule has 1 aromatic rings. The van der Waals surface area contributed by atoms with E-state index in [0.29, 0.717) is 18.0 Å². The summed E-state index contributed by atoms with van der Waals surface area (Å²) in [5.41, 5.74) is 1.56. The van der Waals surface area contributed by atoms with Crippen LogP contribution in [0.5, 0.6) is 0 Å². The molecule has 1 rings (SSSR count). The second-order valence-electron chi connectivity index (χ2n) is 3.18. The molecule has 0 atom stereocenters. The van der Waals surface area contributed by atoms with Gasteiger partial charge in [-0.15, -0.1) is 0 Å². The van der Waals surface area contributed by atoms with E-state index in [1.807, 2.05) is 6.92 Å². The first-order valence-corrected chi connectivity index (χ1v) is 5.06. The molecular formula is C10H13ClN2O2. The molecule has 82 valence electrons. The lowest BCUT2D eigenvalue weighted by atomic mass is 10.3. The third-order valence-corrected chi connectivity index (χ3v) is 2.42. The average molecular weight is 229 g/mol. The highest BCUT2D eigenvalue weighted by atomic mass is 35.5. The molecule has 0 saturated heterocycles. The maximum absolute atomic E-state index is 10.3.